The third-order valence-electron chi connectivity index (χ3n) is 4.06. The summed E-state index contributed by atoms with van der Waals surface area (Å²) in [5, 5.41) is 3.28. The summed E-state index contributed by atoms with van der Waals surface area (Å²) in [4.78, 5) is 4.60. The fourth-order valence-electron chi connectivity index (χ4n) is 3.13. The number of nitrogens with two attached hydrogens (primary N) is 1. The minimum atomic E-state index is 0.241. The Balaban J connectivity index is 2.16. The number of rotatable bonds is 4. The lowest BCUT2D eigenvalue weighted by Gasteiger charge is -2.35. The molecule has 3 atom stereocenters. The van der Waals surface area contributed by atoms with Gasteiger partial charge in [-0.2, -0.15) is 0 Å². The number of nitrogens with one attached hydrogen (secondary N) is 1. The van der Waals surface area contributed by atoms with E-state index in [1.54, 1.807) is 11.3 Å². The summed E-state index contributed by atoms with van der Waals surface area (Å²) in [6.07, 6.45) is 6.60. The highest BCUT2D eigenvalue weighted by Gasteiger charge is 2.32. The first kappa shape index (κ1) is 13.0. The van der Waals surface area contributed by atoms with E-state index in [9.17, 15) is 0 Å². The van der Waals surface area contributed by atoms with E-state index in [1.165, 1.54) is 32.1 Å². The predicted molar refractivity (Wildman–Crippen MR) is 72.7 cm³/mol. The summed E-state index contributed by atoms with van der Waals surface area (Å²) in [6, 6.07) is 0.241. The molecule has 4 heteroatoms. The van der Waals surface area contributed by atoms with E-state index in [0.29, 0.717) is 5.92 Å². The maximum atomic E-state index is 5.78. The van der Waals surface area contributed by atoms with Crippen molar-refractivity contribution in [1.29, 1.82) is 0 Å². The molecule has 0 bridgehead atoms. The van der Waals surface area contributed by atoms with Gasteiger partial charge >= 0.3 is 0 Å². The average Bonchev–Trinajstić information content (AvgIpc) is 2.77. The minimum absolute atomic E-state index is 0.241. The third-order valence-corrected chi connectivity index (χ3v) is 4.85. The van der Waals surface area contributed by atoms with E-state index in [2.05, 4.69) is 29.6 Å². The van der Waals surface area contributed by atoms with Gasteiger partial charge in [-0.15, -0.1) is 11.3 Å². The number of thiazole rings is 1. The van der Waals surface area contributed by atoms with E-state index in [0.717, 1.165) is 16.6 Å². The van der Waals surface area contributed by atoms with Crippen LogP contribution in [0.15, 0.2) is 5.38 Å². The summed E-state index contributed by atoms with van der Waals surface area (Å²) in [7, 11) is 0. The van der Waals surface area contributed by atoms with E-state index in [4.69, 9.17) is 5.84 Å². The van der Waals surface area contributed by atoms with Crippen molar-refractivity contribution in [3.63, 3.8) is 0 Å². The van der Waals surface area contributed by atoms with Gasteiger partial charge in [0.2, 0.25) is 0 Å². The van der Waals surface area contributed by atoms with Crippen molar-refractivity contribution in [2.24, 2.45) is 17.7 Å². The lowest BCUT2D eigenvalue weighted by atomic mass is 9.73. The molecule has 0 radical (unpaired) electrons. The summed E-state index contributed by atoms with van der Waals surface area (Å²) in [5.41, 5.74) is 4.15. The zero-order valence-corrected chi connectivity index (χ0v) is 11.6. The molecule has 1 aromatic heterocycles. The van der Waals surface area contributed by atoms with Gasteiger partial charge in [0.15, 0.2) is 0 Å². The topological polar surface area (TPSA) is 50.9 Å². The zero-order chi connectivity index (χ0) is 12.3. The van der Waals surface area contributed by atoms with Gasteiger partial charge in [-0.3, -0.25) is 11.3 Å². The molecule has 1 aromatic rings. The first-order valence-corrected chi connectivity index (χ1v) is 7.52. The van der Waals surface area contributed by atoms with Crippen molar-refractivity contribution >= 4 is 11.3 Å². The number of aromatic nitrogens is 1. The van der Waals surface area contributed by atoms with Gasteiger partial charge in [0.05, 0.1) is 16.7 Å². The lowest BCUT2D eigenvalue weighted by molar-refractivity contribution is 0.174. The lowest BCUT2D eigenvalue weighted by Crippen LogP contribution is -2.38. The molecular formula is C13H23N3S. The van der Waals surface area contributed by atoms with Gasteiger partial charge in [-0.25, -0.2) is 4.98 Å². The van der Waals surface area contributed by atoms with Crippen molar-refractivity contribution in [3.8, 4) is 0 Å². The number of nitrogens with zero attached hydrogens (tertiary/aromatic N) is 1. The molecule has 1 fully saturated rings. The van der Waals surface area contributed by atoms with Crippen molar-refractivity contribution in [2.45, 2.75) is 52.0 Å². The Morgan fingerprint density at radius 2 is 2.29 bits per heavy atom. The zero-order valence-electron chi connectivity index (χ0n) is 10.8. The van der Waals surface area contributed by atoms with Crippen LogP contribution in [0.3, 0.4) is 0 Å². The summed E-state index contributed by atoms with van der Waals surface area (Å²) >= 11 is 1.71. The van der Waals surface area contributed by atoms with Crippen LogP contribution in [0, 0.1) is 18.8 Å². The standard InChI is InChI=1S/C13H23N3S/c1-3-10-6-4-5-7-11(10)13(16-14)12-8-17-9(2)15-12/h8,10-11,13,16H,3-7,14H2,1-2H3. The normalized spacial score (nSPS) is 27.0. The molecule has 0 saturated heterocycles. The second-order valence-electron chi connectivity index (χ2n) is 5.05. The van der Waals surface area contributed by atoms with Crippen LogP contribution < -0.4 is 11.3 Å². The minimum Gasteiger partial charge on any atom is -0.271 e. The molecule has 0 spiro atoms. The second-order valence-corrected chi connectivity index (χ2v) is 6.11. The molecule has 1 heterocycles. The Morgan fingerprint density at radius 1 is 1.53 bits per heavy atom. The van der Waals surface area contributed by atoms with Gasteiger partial charge in [0.1, 0.15) is 0 Å². The molecule has 1 aliphatic carbocycles. The van der Waals surface area contributed by atoms with Crippen molar-refractivity contribution in [2.75, 3.05) is 0 Å². The Labute approximate surface area is 108 Å². The quantitative estimate of drug-likeness (QED) is 0.640. The molecule has 1 saturated carbocycles. The van der Waals surface area contributed by atoms with Crippen LogP contribution in [0.5, 0.6) is 0 Å². The summed E-state index contributed by atoms with van der Waals surface area (Å²) < 4.78 is 0. The van der Waals surface area contributed by atoms with E-state index in [-0.39, 0.29) is 6.04 Å². The smallest absolute Gasteiger partial charge is 0.0898 e. The van der Waals surface area contributed by atoms with Crippen molar-refractivity contribution in [1.82, 2.24) is 10.4 Å². The highest BCUT2D eigenvalue weighted by atomic mass is 32.1. The summed E-state index contributed by atoms with van der Waals surface area (Å²) in [6.45, 7) is 4.35. The summed E-state index contributed by atoms with van der Waals surface area (Å²) in [5.74, 6) is 7.23. The number of aryl methyl sites for hydroxylation is 1. The molecule has 2 rings (SSSR count). The number of hydrogen-bond donors (Lipinski definition) is 2. The molecule has 1 aliphatic rings. The van der Waals surface area contributed by atoms with Crippen LogP contribution in [0.4, 0.5) is 0 Å². The third kappa shape index (κ3) is 2.87. The number of hydrogen-bond acceptors (Lipinski definition) is 4. The maximum absolute atomic E-state index is 5.78. The van der Waals surface area contributed by atoms with Crippen LogP contribution in [-0.2, 0) is 0 Å². The van der Waals surface area contributed by atoms with Crippen molar-refractivity contribution in [3.05, 3.63) is 16.1 Å². The van der Waals surface area contributed by atoms with Crippen molar-refractivity contribution < 1.29 is 0 Å². The number of hydrazine groups is 1. The van der Waals surface area contributed by atoms with E-state index < -0.39 is 0 Å². The Morgan fingerprint density at radius 3 is 2.88 bits per heavy atom. The molecule has 0 aromatic carbocycles. The molecular weight excluding hydrogens is 230 g/mol. The molecule has 3 N–H and O–H groups in total. The highest BCUT2D eigenvalue weighted by Crippen LogP contribution is 2.39. The predicted octanol–water partition coefficient (Wildman–Crippen LogP) is 3.17. The molecule has 3 nitrogen and oxygen atoms in total. The first-order valence-electron chi connectivity index (χ1n) is 6.64. The van der Waals surface area contributed by atoms with E-state index in [1.807, 2.05) is 0 Å². The second kappa shape index (κ2) is 5.94. The Kier molecular flexibility index (Phi) is 4.54. The largest absolute Gasteiger partial charge is 0.271 e. The van der Waals surface area contributed by atoms with Crippen LogP contribution in [0.1, 0.15) is 55.8 Å². The molecule has 0 aliphatic heterocycles. The van der Waals surface area contributed by atoms with Gasteiger partial charge < -0.3 is 0 Å². The molecule has 0 amide bonds. The van der Waals surface area contributed by atoms with E-state index >= 15 is 0 Å². The van der Waals surface area contributed by atoms with Crippen LogP contribution in [0.25, 0.3) is 0 Å². The molecule has 96 valence electrons. The maximum Gasteiger partial charge on any atom is 0.0898 e. The SMILES string of the molecule is CCC1CCCCC1C(NN)c1csc(C)n1. The van der Waals surface area contributed by atoms with Crippen LogP contribution >= 0.6 is 11.3 Å². The van der Waals surface area contributed by atoms with Gasteiger partial charge in [0.25, 0.3) is 0 Å². The fourth-order valence-corrected chi connectivity index (χ4v) is 3.78. The highest BCUT2D eigenvalue weighted by molar-refractivity contribution is 7.09. The van der Waals surface area contributed by atoms with Crippen LogP contribution in [-0.4, -0.2) is 4.98 Å². The Hall–Kier alpha value is -0.450. The fraction of sp³-hybridized carbons (Fsp3) is 0.769. The van der Waals surface area contributed by atoms with Gasteiger partial charge in [-0.05, 0) is 25.2 Å². The molecule has 17 heavy (non-hydrogen) atoms. The molecule has 3 unspecified atom stereocenters. The monoisotopic (exact) mass is 253 g/mol. The Bertz CT molecular complexity index is 350. The van der Waals surface area contributed by atoms with Gasteiger partial charge in [-0.1, -0.05) is 32.6 Å². The van der Waals surface area contributed by atoms with Gasteiger partial charge in [0, 0.05) is 5.38 Å². The average molecular weight is 253 g/mol. The first-order chi connectivity index (χ1) is 8.26. The van der Waals surface area contributed by atoms with Crippen LogP contribution in [0.2, 0.25) is 0 Å².